The van der Waals surface area contributed by atoms with E-state index in [1.165, 1.54) is 0 Å². The van der Waals surface area contributed by atoms with Gasteiger partial charge in [0.15, 0.2) is 11.5 Å². The fourth-order valence-electron chi connectivity index (χ4n) is 2.17. The van der Waals surface area contributed by atoms with Crippen molar-refractivity contribution >= 4 is 11.6 Å². The Labute approximate surface area is 121 Å². The predicted molar refractivity (Wildman–Crippen MR) is 74.4 cm³/mol. The second-order valence-electron chi connectivity index (χ2n) is 4.56. The van der Waals surface area contributed by atoms with E-state index in [1.807, 2.05) is 13.1 Å². The van der Waals surface area contributed by atoms with E-state index in [0.29, 0.717) is 35.3 Å². The van der Waals surface area contributed by atoms with Crippen LogP contribution in [0.4, 0.5) is 0 Å². The highest BCUT2D eigenvalue weighted by Gasteiger charge is 2.21. The molecule has 1 unspecified atom stereocenters. The lowest BCUT2D eigenvalue weighted by Crippen LogP contribution is -2.16. The van der Waals surface area contributed by atoms with Crippen LogP contribution in [-0.4, -0.2) is 28.1 Å². The first-order chi connectivity index (χ1) is 9.69. The quantitative estimate of drug-likeness (QED) is 0.944. The Morgan fingerprint density at radius 3 is 2.90 bits per heavy atom. The maximum atomic E-state index is 10.4. The van der Waals surface area contributed by atoms with Crippen molar-refractivity contribution in [2.24, 2.45) is 0 Å². The van der Waals surface area contributed by atoms with Gasteiger partial charge in [0.05, 0.1) is 11.2 Å². The van der Waals surface area contributed by atoms with Gasteiger partial charge < -0.3 is 14.6 Å². The number of halogens is 1. The van der Waals surface area contributed by atoms with Crippen LogP contribution in [0.1, 0.15) is 24.2 Å². The van der Waals surface area contributed by atoms with Crippen molar-refractivity contribution in [3.8, 4) is 11.5 Å². The lowest BCUT2D eigenvalue weighted by atomic mass is 10.0. The first-order valence-corrected chi connectivity index (χ1v) is 6.86. The molecule has 106 valence electrons. The molecule has 6 heteroatoms. The van der Waals surface area contributed by atoms with Gasteiger partial charge in [-0.15, -0.1) is 0 Å². The minimum Gasteiger partial charge on any atom is -0.486 e. The number of aromatic nitrogens is 2. The average Bonchev–Trinajstić information content (AvgIpc) is 2.95. The zero-order valence-corrected chi connectivity index (χ0v) is 11.8. The molecule has 1 atom stereocenters. The number of aryl methyl sites for hydroxylation is 1. The molecule has 1 aromatic carbocycles. The number of aliphatic hydroxyl groups excluding tert-OH is 1. The van der Waals surface area contributed by atoms with Crippen molar-refractivity contribution in [1.82, 2.24) is 9.78 Å². The van der Waals surface area contributed by atoms with Crippen LogP contribution in [-0.2, 0) is 6.54 Å². The predicted octanol–water partition coefficient (Wildman–Crippen LogP) is 2.41. The number of aliphatic hydroxyl groups is 1. The van der Waals surface area contributed by atoms with Crippen LogP contribution < -0.4 is 9.47 Å². The van der Waals surface area contributed by atoms with Gasteiger partial charge in [-0.25, -0.2) is 0 Å². The maximum Gasteiger partial charge on any atom is 0.179 e. The molecule has 0 saturated carbocycles. The average molecular weight is 295 g/mol. The fraction of sp³-hybridized carbons (Fsp3) is 0.357. The molecule has 1 aliphatic rings. The fourth-order valence-corrected chi connectivity index (χ4v) is 2.45. The standard InChI is InChI=1S/C14H15ClN2O3/c1-2-17-8-10(7-16-17)13(18)9-5-11(15)14-12(6-9)19-3-4-20-14/h5-8,13,18H,2-4H2,1H3. The van der Waals surface area contributed by atoms with Crippen LogP contribution in [0.15, 0.2) is 24.5 Å². The van der Waals surface area contributed by atoms with Crippen LogP contribution in [0.2, 0.25) is 5.02 Å². The summed E-state index contributed by atoms with van der Waals surface area (Å²) in [6.45, 7) is 3.72. The number of ether oxygens (including phenoxy) is 2. The minimum absolute atomic E-state index is 0.444. The molecule has 0 spiro atoms. The van der Waals surface area contributed by atoms with Gasteiger partial charge in [-0.1, -0.05) is 11.6 Å². The molecule has 0 saturated heterocycles. The summed E-state index contributed by atoms with van der Waals surface area (Å²) in [5, 5.41) is 15.0. The summed E-state index contributed by atoms with van der Waals surface area (Å²) in [5.41, 5.74) is 1.38. The third-order valence-corrected chi connectivity index (χ3v) is 3.51. The van der Waals surface area contributed by atoms with Crippen molar-refractivity contribution in [2.45, 2.75) is 19.6 Å². The summed E-state index contributed by atoms with van der Waals surface area (Å²) < 4.78 is 12.7. The highest BCUT2D eigenvalue weighted by Crippen LogP contribution is 2.40. The molecule has 20 heavy (non-hydrogen) atoms. The molecule has 1 aromatic heterocycles. The lowest BCUT2D eigenvalue weighted by molar-refractivity contribution is 0.170. The molecule has 0 bridgehead atoms. The monoisotopic (exact) mass is 294 g/mol. The largest absolute Gasteiger partial charge is 0.486 e. The van der Waals surface area contributed by atoms with E-state index in [9.17, 15) is 5.11 Å². The molecule has 2 aromatic rings. The van der Waals surface area contributed by atoms with E-state index in [4.69, 9.17) is 21.1 Å². The van der Waals surface area contributed by atoms with Gasteiger partial charge in [-0.05, 0) is 24.6 Å². The molecular weight excluding hydrogens is 280 g/mol. The first-order valence-electron chi connectivity index (χ1n) is 6.48. The molecule has 3 rings (SSSR count). The summed E-state index contributed by atoms with van der Waals surface area (Å²) in [4.78, 5) is 0. The van der Waals surface area contributed by atoms with Crippen LogP contribution >= 0.6 is 11.6 Å². The molecule has 1 aliphatic heterocycles. The Morgan fingerprint density at radius 2 is 2.15 bits per heavy atom. The SMILES string of the molecule is CCn1cc(C(O)c2cc(Cl)c3c(c2)OCCO3)cn1. The summed E-state index contributed by atoms with van der Waals surface area (Å²) in [6.07, 6.45) is 2.68. The van der Waals surface area contributed by atoms with Gasteiger partial charge in [0.25, 0.3) is 0 Å². The normalized spacial score (nSPS) is 15.2. The van der Waals surface area contributed by atoms with Crippen molar-refractivity contribution in [3.63, 3.8) is 0 Å². The van der Waals surface area contributed by atoms with E-state index in [2.05, 4.69) is 5.10 Å². The molecule has 5 nitrogen and oxygen atoms in total. The zero-order chi connectivity index (χ0) is 14.1. The summed E-state index contributed by atoms with van der Waals surface area (Å²) in [6, 6.07) is 3.46. The Morgan fingerprint density at radius 1 is 1.35 bits per heavy atom. The topological polar surface area (TPSA) is 56.5 Å². The van der Waals surface area contributed by atoms with Gasteiger partial charge in [-0.3, -0.25) is 4.68 Å². The number of fused-ring (bicyclic) bond motifs is 1. The van der Waals surface area contributed by atoms with Crippen molar-refractivity contribution in [3.05, 3.63) is 40.7 Å². The molecule has 0 aliphatic carbocycles. The summed E-state index contributed by atoms with van der Waals surface area (Å²) in [5.74, 6) is 1.11. The van der Waals surface area contributed by atoms with E-state index < -0.39 is 6.10 Å². The first kappa shape index (κ1) is 13.3. The Balaban J connectivity index is 1.95. The van der Waals surface area contributed by atoms with Gasteiger partial charge in [-0.2, -0.15) is 5.10 Å². The van der Waals surface area contributed by atoms with E-state index in [1.54, 1.807) is 23.0 Å². The highest BCUT2D eigenvalue weighted by atomic mass is 35.5. The molecule has 0 amide bonds. The van der Waals surface area contributed by atoms with Gasteiger partial charge in [0.1, 0.15) is 19.3 Å². The number of nitrogens with zero attached hydrogens (tertiary/aromatic N) is 2. The van der Waals surface area contributed by atoms with E-state index in [0.717, 1.165) is 12.1 Å². The van der Waals surface area contributed by atoms with Crippen LogP contribution in [0.5, 0.6) is 11.5 Å². The third kappa shape index (κ3) is 2.34. The number of hydrogen-bond donors (Lipinski definition) is 1. The number of benzene rings is 1. The molecule has 1 N–H and O–H groups in total. The lowest BCUT2D eigenvalue weighted by Gasteiger charge is -2.21. The number of hydrogen-bond acceptors (Lipinski definition) is 4. The summed E-state index contributed by atoms with van der Waals surface area (Å²) >= 11 is 6.17. The van der Waals surface area contributed by atoms with Crippen LogP contribution in [0.25, 0.3) is 0 Å². The van der Waals surface area contributed by atoms with Crippen molar-refractivity contribution in [1.29, 1.82) is 0 Å². The smallest absolute Gasteiger partial charge is 0.179 e. The Kier molecular flexibility index (Phi) is 3.54. The Bertz CT molecular complexity index is 627. The minimum atomic E-state index is -0.788. The third-order valence-electron chi connectivity index (χ3n) is 3.23. The Hall–Kier alpha value is -1.72. The van der Waals surface area contributed by atoms with E-state index in [-0.39, 0.29) is 0 Å². The second-order valence-corrected chi connectivity index (χ2v) is 4.97. The number of rotatable bonds is 3. The second kappa shape index (κ2) is 5.34. The molecule has 2 heterocycles. The van der Waals surface area contributed by atoms with Gasteiger partial charge >= 0.3 is 0 Å². The van der Waals surface area contributed by atoms with Crippen molar-refractivity contribution < 1.29 is 14.6 Å². The van der Waals surface area contributed by atoms with Crippen molar-refractivity contribution in [2.75, 3.05) is 13.2 Å². The van der Waals surface area contributed by atoms with Gasteiger partial charge in [0.2, 0.25) is 0 Å². The molecule has 0 fully saturated rings. The molecule has 0 radical (unpaired) electrons. The van der Waals surface area contributed by atoms with Crippen LogP contribution in [0, 0.1) is 0 Å². The molecular formula is C14H15ClN2O3. The highest BCUT2D eigenvalue weighted by molar-refractivity contribution is 6.32. The maximum absolute atomic E-state index is 10.4. The summed E-state index contributed by atoms with van der Waals surface area (Å²) in [7, 11) is 0. The van der Waals surface area contributed by atoms with E-state index >= 15 is 0 Å². The van der Waals surface area contributed by atoms with Crippen LogP contribution in [0.3, 0.4) is 0 Å². The zero-order valence-electron chi connectivity index (χ0n) is 11.0. The van der Waals surface area contributed by atoms with Gasteiger partial charge in [0, 0.05) is 18.3 Å².